The van der Waals surface area contributed by atoms with E-state index in [0.717, 1.165) is 34.1 Å². The number of hydrogen-bond donors (Lipinski definition) is 0. The molecule has 0 unspecified atom stereocenters. The molecule has 0 amide bonds. The summed E-state index contributed by atoms with van der Waals surface area (Å²) in [6.45, 7) is 65.0. The number of rotatable bonds is 12. The molecule has 2 aliphatic rings. The van der Waals surface area contributed by atoms with Crippen molar-refractivity contribution in [3.63, 3.8) is 0 Å². The first kappa shape index (κ1) is 87.6. The van der Waals surface area contributed by atoms with Gasteiger partial charge < -0.3 is 9.80 Å². The zero-order chi connectivity index (χ0) is 89.1. The maximum atomic E-state index is 2.45. The molecular formula is C122H134N2. The summed E-state index contributed by atoms with van der Waals surface area (Å²) in [5.74, 6) is 0. The molecule has 14 aromatic carbocycles. The molecule has 0 saturated heterocycles. The van der Waals surface area contributed by atoms with Crippen molar-refractivity contribution in [1.82, 2.24) is 0 Å². The zero-order valence-electron chi connectivity index (χ0n) is 79.8. The molecule has 2 aliphatic carbocycles. The first-order chi connectivity index (χ1) is 58.0. The standard InChI is InChI=1S/2C61H67N/c1-57(2,3)46-21-17-19-41(32-46)42-20-18-22-51(37-42)62(52-29-30-54-53-23-15-16-24-55(53)61(13,14)56(54)39-52)50-27-25-40(26-28-50)43-31-44(34-47(33-43)58(4,5)6)45-35-48(59(7,8)9)38-49(36-45)60(10,11)12;1-57(2,3)46-26-22-40(23-27-46)42-18-17-19-51(37-42)62(52-30-31-54-53-20-15-16-21-55(53)61(13,14)56(54)39-52)50-28-24-41(25-29-50)43-32-44(34-47(33-43)58(4,5)6)45-35-48(59(7,8)9)38-49(36-45)60(10,11)12/h2*15-39H,1-14H3. The van der Waals surface area contributed by atoms with E-state index in [0.29, 0.717) is 0 Å². The van der Waals surface area contributed by atoms with Gasteiger partial charge in [-0.15, -0.1) is 0 Å². The molecule has 0 heterocycles. The minimum absolute atomic E-state index is 0.0188. The highest BCUT2D eigenvalue weighted by atomic mass is 15.1. The van der Waals surface area contributed by atoms with Crippen LogP contribution in [0.2, 0.25) is 0 Å². The fourth-order valence-corrected chi connectivity index (χ4v) is 18.2. The SMILES string of the molecule is CC(C)(C)c1ccc(-c2cccc(N(c3ccc(-c4cc(-c5cc(C(C)(C)C)cc(C(C)(C)C)c5)cc(C(C)(C)C)c4)cc3)c3ccc4c(c3)C(C)(C)c3ccccc3-4)c2)cc1.CC(C)(C)c1cccc(-c2cccc(N(c3ccc(-c4cc(-c5cc(C(C)(C)C)cc(C(C)(C)C)c5)cc(C(C)(C)C)c4)cc3)c3ccc4c(c3)C(C)(C)c3ccccc3-4)c2)c1. The van der Waals surface area contributed by atoms with E-state index >= 15 is 0 Å². The minimum atomic E-state index is -0.109. The monoisotopic (exact) mass is 1630 g/mol. The first-order valence-electron chi connectivity index (χ1n) is 45.3. The quantitative estimate of drug-likeness (QED) is 0.120. The van der Waals surface area contributed by atoms with E-state index in [1.165, 1.54) is 156 Å². The van der Waals surface area contributed by atoms with Crippen molar-refractivity contribution in [1.29, 1.82) is 0 Å². The van der Waals surface area contributed by atoms with Gasteiger partial charge in [-0.1, -0.05) is 412 Å². The Bertz CT molecular complexity index is 6260. The van der Waals surface area contributed by atoms with Gasteiger partial charge >= 0.3 is 0 Å². The Balaban J connectivity index is 0.000000192. The van der Waals surface area contributed by atoms with Crippen LogP contribution >= 0.6 is 0 Å². The van der Waals surface area contributed by atoms with Crippen molar-refractivity contribution in [2.24, 2.45) is 0 Å². The second-order valence-electron chi connectivity index (χ2n) is 45.0. The molecule has 0 atom stereocenters. The summed E-state index contributed by atoms with van der Waals surface area (Å²) in [5, 5.41) is 0. The van der Waals surface area contributed by atoms with Crippen molar-refractivity contribution in [2.75, 3.05) is 9.80 Å². The van der Waals surface area contributed by atoms with Crippen molar-refractivity contribution >= 4 is 34.1 Å². The van der Waals surface area contributed by atoms with Gasteiger partial charge in [-0.2, -0.15) is 0 Å². The molecule has 0 N–H and O–H groups in total. The smallest absolute Gasteiger partial charge is 0.0467 e. The lowest BCUT2D eigenvalue weighted by Crippen LogP contribution is -2.16. The summed E-state index contributed by atoms with van der Waals surface area (Å²) in [6, 6.07) is 116. The summed E-state index contributed by atoms with van der Waals surface area (Å²) in [4.78, 5) is 4.89. The van der Waals surface area contributed by atoms with Gasteiger partial charge in [0, 0.05) is 45.0 Å². The van der Waals surface area contributed by atoms with Crippen molar-refractivity contribution in [2.45, 2.75) is 248 Å². The summed E-state index contributed by atoms with van der Waals surface area (Å²) in [5.41, 5.74) is 43.5. The summed E-state index contributed by atoms with van der Waals surface area (Å²) < 4.78 is 0. The Morgan fingerprint density at radius 1 is 0.153 bits per heavy atom. The topological polar surface area (TPSA) is 6.48 Å². The highest BCUT2D eigenvalue weighted by Crippen LogP contribution is 2.54. The Hall–Kier alpha value is -11.3. The van der Waals surface area contributed by atoms with Crippen LogP contribution in [-0.4, -0.2) is 0 Å². The van der Waals surface area contributed by atoms with Crippen molar-refractivity contribution < 1.29 is 0 Å². The number of benzene rings is 14. The van der Waals surface area contributed by atoms with Gasteiger partial charge in [-0.3, -0.25) is 0 Å². The maximum Gasteiger partial charge on any atom is 0.0467 e. The van der Waals surface area contributed by atoms with Gasteiger partial charge in [0.15, 0.2) is 0 Å². The molecule has 0 spiro atoms. The molecule has 0 bridgehead atoms. The second-order valence-corrected chi connectivity index (χ2v) is 45.0. The Morgan fingerprint density at radius 2 is 0.395 bits per heavy atom. The van der Waals surface area contributed by atoms with Crippen LogP contribution in [0, 0.1) is 0 Å². The molecule has 632 valence electrons. The van der Waals surface area contributed by atoms with E-state index in [9.17, 15) is 0 Å². The Labute approximate surface area is 746 Å². The third-order valence-electron chi connectivity index (χ3n) is 26.5. The molecule has 0 aromatic heterocycles. The van der Waals surface area contributed by atoms with Crippen LogP contribution in [0.1, 0.15) is 261 Å². The molecule has 2 nitrogen and oxygen atoms in total. The van der Waals surface area contributed by atoms with Crippen LogP contribution in [0.15, 0.2) is 303 Å². The number of hydrogen-bond acceptors (Lipinski definition) is 2. The lowest BCUT2D eigenvalue weighted by molar-refractivity contribution is 0.568. The fourth-order valence-electron chi connectivity index (χ4n) is 18.2. The second kappa shape index (κ2) is 32.0. The highest BCUT2D eigenvalue weighted by Gasteiger charge is 2.38. The minimum Gasteiger partial charge on any atom is -0.310 e. The van der Waals surface area contributed by atoms with E-state index in [1.807, 2.05) is 0 Å². The number of fused-ring (bicyclic) bond motifs is 6. The van der Waals surface area contributed by atoms with Gasteiger partial charge in [0.2, 0.25) is 0 Å². The zero-order valence-corrected chi connectivity index (χ0v) is 79.8. The van der Waals surface area contributed by atoms with Crippen LogP contribution in [0.25, 0.3) is 89.0 Å². The van der Waals surface area contributed by atoms with E-state index < -0.39 is 0 Å². The lowest BCUT2D eigenvalue weighted by atomic mass is 9.78. The average molecular weight is 1630 g/mol. The van der Waals surface area contributed by atoms with Crippen molar-refractivity contribution in [3.8, 4) is 89.0 Å². The maximum absolute atomic E-state index is 2.45. The van der Waals surface area contributed by atoms with Gasteiger partial charge in [0.25, 0.3) is 0 Å². The molecule has 0 aliphatic heterocycles. The van der Waals surface area contributed by atoms with Crippen molar-refractivity contribution in [3.05, 3.63) is 370 Å². The van der Waals surface area contributed by atoms with E-state index in [1.54, 1.807) is 0 Å². The summed E-state index contributed by atoms with van der Waals surface area (Å²) >= 11 is 0. The van der Waals surface area contributed by atoms with Crippen LogP contribution in [0.3, 0.4) is 0 Å². The summed E-state index contributed by atoms with van der Waals surface area (Å²) in [7, 11) is 0. The highest BCUT2D eigenvalue weighted by molar-refractivity contribution is 5.90. The predicted octanol–water partition coefficient (Wildman–Crippen LogP) is 35.3. The molecular weight excluding hydrogens is 1490 g/mol. The van der Waals surface area contributed by atoms with E-state index in [-0.39, 0.29) is 54.1 Å². The third kappa shape index (κ3) is 17.9. The lowest BCUT2D eigenvalue weighted by Gasteiger charge is -2.29. The molecule has 16 rings (SSSR count). The van der Waals surface area contributed by atoms with Gasteiger partial charge in [0.1, 0.15) is 0 Å². The third-order valence-corrected chi connectivity index (χ3v) is 26.5. The fraction of sp³-hybridized carbons (Fsp3) is 0.311. The van der Waals surface area contributed by atoms with Crippen LogP contribution in [-0.2, 0) is 54.1 Å². The van der Waals surface area contributed by atoms with E-state index in [2.05, 4.69) is 507 Å². The first-order valence-corrected chi connectivity index (χ1v) is 45.3. The molecule has 0 saturated carbocycles. The summed E-state index contributed by atoms with van der Waals surface area (Å²) in [6.07, 6.45) is 0. The predicted molar refractivity (Wildman–Crippen MR) is 540 cm³/mol. The molecule has 124 heavy (non-hydrogen) atoms. The Morgan fingerprint density at radius 3 is 0.734 bits per heavy atom. The van der Waals surface area contributed by atoms with Crippen LogP contribution in [0.5, 0.6) is 0 Å². The van der Waals surface area contributed by atoms with Gasteiger partial charge in [0.05, 0.1) is 0 Å². The van der Waals surface area contributed by atoms with Gasteiger partial charge in [-0.25, -0.2) is 0 Å². The van der Waals surface area contributed by atoms with Gasteiger partial charge in [-0.05, 0) is 284 Å². The average Bonchev–Trinajstić information content (AvgIpc) is 1.53. The molecule has 0 radical (unpaired) electrons. The van der Waals surface area contributed by atoms with E-state index in [4.69, 9.17) is 0 Å². The normalized spacial score (nSPS) is 13.8. The molecule has 14 aromatic rings. The molecule has 2 heteroatoms. The van der Waals surface area contributed by atoms with Crippen LogP contribution < -0.4 is 9.80 Å². The Kier molecular flexibility index (Phi) is 22.6. The number of nitrogens with zero attached hydrogens (tertiary/aromatic N) is 2. The largest absolute Gasteiger partial charge is 0.310 e. The number of anilines is 6. The molecule has 0 fully saturated rings. The van der Waals surface area contributed by atoms with Crippen LogP contribution in [0.4, 0.5) is 34.1 Å².